The van der Waals surface area contributed by atoms with Crippen molar-refractivity contribution in [2.24, 2.45) is 0 Å². The first-order valence-corrected chi connectivity index (χ1v) is 10.1. The number of ether oxygens (including phenoxy) is 2. The predicted molar refractivity (Wildman–Crippen MR) is 110 cm³/mol. The summed E-state index contributed by atoms with van der Waals surface area (Å²) in [7, 11) is 0. The van der Waals surface area contributed by atoms with Crippen molar-refractivity contribution >= 4 is 11.8 Å². The van der Waals surface area contributed by atoms with Crippen LogP contribution in [-0.4, -0.2) is 39.1 Å². The van der Waals surface area contributed by atoms with E-state index in [1.807, 2.05) is 33.8 Å². The minimum atomic E-state index is -0.531. The topological polar surface area (TPSA) is 76.6 Å². The number of hydrogen-bond donors (Lipinski definition) is 1. The van der Waals surface area contributed by atoms with E-state index < -0.39 is 5.60 Å². The van der Waals surface area contributed by atoms with E-state index in [4.69, 9.17) is 9.47 Å². The Balaban J connectivity index is 1.59. The summed E-state index contributed by atoms with van der Waals surface area (Å²) in [5, 5.41) is 3.39. The van der Waals surface area contributed by atoms with Crippen molar-refractivity contribution in [2.45, 2.75) is 65.6 Å². The van der Waals surface area contributed by atoms with Crippen LogP contribution in [0.15, 0.2) is 18.5 Å². The van der Waals surface area contributed by atoms with Gasteiger partial charge in [-0.2, -0.15) is 0 Å². The minimum Gasteiger partial charge on any atom is -0.444 e. The highest BCUT2D eigenvalue weighted by atomic mass is 16.6. The first-order chi connectivity index (χ1) is 13.7. The molecule has 0 spiro atoms. The van der Waals surface area contributed by atoms with Gasteiger partial charge in [0.2, 0.25) is 5.88 Å². The first-order valence-electron chi connectivity index (χ1n) is 10.1. The van der Waals surface area contributed by atoms with Crippen molar-refractivity contribution in [1.82, 2.24) is 14.9 Å². The van der Waals surface area contributed by atoms with E-state index >= 15 is 0 Å². The molecule has 1 atom stereocenters. The average molecular weight is 396 g/mol. The summed E-state index contributed by atoms with van der Waals surface area (Å²) in [6.45, 7) is 11.1. The van der Waals surface area contributed by atoms with Gasteiger partial charge >= 0.3 is 6.09 Å². The van der Waals surface area contributed by atoms with Gasteiger partial charge in [0.15, 0.2) is 0 Å². The van der Waals surface area contributed by atoms with Gasteiger partial charge in [0.25, 0.3) is 0 Å². The molecule has 29 heavy (non-hydrogen) atoms. The minimum absolute atomic E-state index is 0.0315. The summed E-state index contributed by atoms with van der Waals surface area (Å²) < 4.78 is 11.8. The molecule has 2 aliphatic rings. The van der Waals surface area contributed by atoms with Crippen LogP contribution in [0.4, 0.5) is 10.5 Å². The maximum atomic E-state index is 12.6. The Morgan fingerprint density at radius 3 is 2.79 bits per heavy atom. The number of nitrogens with zero attached hydrogens (tertiary/aromatic N) is 3. The van der Waals surface area contributed by atoms with Gasteiger partial charge < -0.3 is 14.8 Å². The Morgan fingerprint density at radius 1 is 1.24 bits per heavy atom. The quantitative estimate of drug-likeness (QED) is 0.819. The van der Waals surface area contributed by atoms with Crippen LogP contribution in [0.5, 0.6) is 11.6 Å². The van der Waals surface area contributed by atoms with Gasteiger partial charge in [-0.25, -0.2) is 14.8 Å². The van der Waals surface area contributed by atoms with Crippen LogP contribution < -0.4 is 10.1 Å². The van der Waals surface area contributed by atoms with Gasteiger partial charge in [0.1, 0.15) is 17.7 Å². The molecule has 0 saturated carbocycles. The van der Waals surface area contributed by atoms with E-state index in [1.54, 1.807) is 4.90 Å². The van der Waals surface area contributed by atoms with Gasteiger partial charge in [0.05, 0.1) is 12.2 Å². The Morgan fingerprint density at radius 2 is 2.03 bits per heavy atom. The number of benzene rings is 1. The number of carbonyl (C=O) groups excluding carboxylic acids is 1. The fourth-order valence-corrected chi connectivity index (χ4v) is 3.91. The van der Waals surface area contributed by atoms with E-state index in [0.29, 0.717) is 18.8 Å². The lowest BCUT2D eigenvalue weighted by atomic mass is 10.00. The monoisotopic (exact) mass is 396 g/mol. The molecular weight excluding hydrogens is 368 g/mol. The largest absolute Gasteiger partial charge is 0.444 e. The second kappa shape index (κ2) is 7.21. The third-order valence-corrected chi connectivity index (χ3v) is 5.42. The van der Waals surface area contributed by atoms with Crippen LogP contribution >= 0.6 is 0 Å². The second-order valence-corrected chi connectivity index (χ2v) is 8.76. The van der Waals surface area contributed by atoms with Gasteiger partial charge in [-0.1, -0.05) is 0 Å². The molecule has 0 fully saturated rings. The molecule has 1 amide bonds. The lowest BCUT2D eigenvalue weighted by Crippen LogP contribution is -2.45. The van der Waals surface area contributed by atoms with E-state index in [0.717, 1.165) is 35.5 Å². The Kier molecular flexibility index (Phi) is 4.84. The highest BCUT2D eigenvalue weighted by molar-refractivity contribution is 5.69. The predicted octanol–water partition coefficient (Wildman–Crippen LogP) is 4.23. The van der Waals surface area contributed by atoms with Crippen LogP contribution in [0.2, 0.25) is 0 Å². The van der Waals surface area contributed by atoms with Crippen LogP contribution in [0, 0.1) is 6.92 Å². The molecule has 154 valence electrons. The number of hydrogen-bond acceptors (Lipinski definition) is 6. The van der Waals surface area contributed by atoms with Crippen molar-refractivity contribution in [3.63, 3.8) is 0 Å². The van der Waals surface area contributed by atoms with Crippen molar-refractivity contribution in [3.8, 4) is 11.6 Å². The molecule has 0 saturated heterocycles. The molecule has 2 aromatic rings. The van der Waals surface area contributed by atoms with Crippen molar-refractivity contribution in [3.05, 3.63) is 40.8 Å². The normalized spacial score (nSPS) is 18.0. The van der Waals surface area contributed by atoms with Crippen LogP contribution in [0.1, 0.15) is 50.1 Å². The molecule has 0 aliphatic carbocycles. The zero-order chi connectivity index (χ0) is 20.8. The van der Waals surface area contributed by atoms with E-state index in [-0.39, 0.29) is 12.1 Å². The summed E-state index contributed by atoms with van der Waals surface area (Å²) in [6, 6.07) is 4.02. The molecule has 4 rings (SSSR count). The van der Waals surface area contributed by atoms with E-state index in [1.165, 1.54) is 17.6 Å². The zero-order valence-corrected chi connectivity index (χ0v) is 17.7. The number of rotatable bonds is 2. The third kappa shape index (κ3) is 3.86. The maximum Gasteiger partial charge on any atom is 0.410 e. The number of anilines is 1. The standard InChI is InChI=1S/C22H28N4O3/c1-13-10-16-18(11-26(13)21(27)29-22(3,4)5)24-12-25-20(16)28-19-7-6-17-15(14(19)2)8-9-23-17/h6-7,12-13,23H,8-11H2,1-5H3/t13-/m0/s1. The zero-order valence-electron chi connectivity index (χ0n) is 17.7. The third-order valence-electron chi connectivity index (χ3n) is 5.42. The summed E-state index contributed by atoms with van der Waals surface area (Å²) in [6.07, 6.45) is 2.80. The number of carbonyl (C=O) groups is 1. The summed E-state index contributed by atoms with van der Waals surface area (Å²) in [4.78, 5) is 23.1. The fraction of sp³-hybridized carbons (Fsp3) is 0.500. The van der Waals surface area contributed by atoms with Crippen LogP contribution in [0.3, 0.4) is 0 Å². The molecule has 7 nitrogen and oxygen atoms in total. The van der Waals surface area contributed by atoms with E-state index in [9.17, 15) is 4.79 Å². The molecular formula is C22H28N4O3. The summed E-state index contributed by atoms with van der Waals surface area (Å²) in [5.41, 5.74) is 4.85. The van der Waals surface area contributed by atoms with Crippen molar-refractivity contribution in [2.75, 3.05) is 11.9 Å². The molecule has 7 heteroatoms. The highest BCUT2D eigenvalue weighted by Crippen LogP contribution is 2.36. The van der Waals surface area contributed by atoms with Crippen molar-refractivity contribution < 1.29 is 14.3 Å². The fourth-order valence-electron chi connectivity index (χ4n) is 3.91. The first kappa shape index (κ1) is 19.5. The molecule has 0 bridgehead atoms. The molecule has 1 N–H and O–H groups in total. The number of nitrogens with one attached hydrogen (secondary N) is 1. The SMILES string of the molecule is Cc1c(Oc2ncnc3c2C[C@H](C)N(C(=O)OC(C)(C)C)C3)ccc2c1CCN2. The van der Waals surface area contributed by atoms with Crippen molar-refractivity contribution in [1.29, 1.82) is 0 Å². The molecule has 0 unspecified atom stereocenters. The van der Waals surface area contributed by atoms with Crippen LogP contribution in [0.25, 0.3) is 0 Å². The average Bonchev–Trinajstić information content (AvgIpc) is 3.12. The highest BCUT2D eigenvalue weighted by Gasteiger charge is 2.33. The van der Waals surface area contributed by atoms with Gasteiger partial charge in [0, 0.05) is 23.8 Å². The van der Waals surface area contributed by atoms with Gasteiger partial charge in [-0.05, 0) is 70.7 Å². The lowest BCUT2D eigenvalue weighted by molar-refractivity contribution is 0.0133. The number of fused-ring (bicyclic) bond motifs is 2. The molecule has 3 heterocycles. The van der Waals surface area contributed by atoms with Gasteiger partial charge in [-0.15, -0.1) is 0 Å². The van der Waals surface area contributed by atoms with E-state index in [2.05, 4.69) is 28.3 Å². The molecule has 1 aromatic heterocycles. The van der Waals surface area contributed by atoms with Crippen LogP contribution in [-0.2, 0) is 24.1 Å². The Labute approximate surface area is 171 Å². The number of aromatic nitrogens is 2. The summed E-state index contributed by atoms with van der Waals surface area (Å²) >= 11 is 0. The summed E-state index contributed by atoms with van der Waals surface area (Å²) in [5.74, 6) is 1.38. The molecule has 0 radical (unpaired) electrons. The second-order valence-electron chi connectivity index (χ2n) is 8.76. The maximum absolute atomic E-state index is 12.6. The Bertz CT molecular complexity index is 952. The molecule has 1 aromatic carbocycles. The van der Waals surface area contributed by atoms with Gasteiger partial charge in [-0.3, -0.25) is 4.90 Å². The smallest absolute Gasteiger partial charge is 0.410 e. The number of amides is 1. The Hall–Kier alpha value is -2.83. The lowest BCUT2D eigenvalue weighted by Gasteiger charge is -2.35. The molecule has 2 aliphatic heterocycles.